The van der Waals surface area contributed by atoms with Crippen molar-refractivity contribution in [3.05, 3.63) is 51.9 Å². The van der Waals surface area contributed by atoms with E-state index in [0.29, 0.717) is 12.2 Å². The van der Waals surface area contributed by atoms with E-state index < -0.39 is 17.9 Å². The van der Waals surface area contributed by atoms with Crippen LogP contribution in [0.4, 0.5) is 5.82 Å². The van der Waals surface area contributed by atoms with Crippen molar-refractivity contribution in [2.45, 2.75) is 51.5 Å². The third kappa shape index (κ3) is 6.64. The van der Waals surface area contributed by atoms with Gasteiger partial charge in [0, 0.05) is 44.3 Å². The zero-order chi connectivity index (χ0) is 22.9. The normalized spacial score (nSPS) is 13.7. The molecule has 3 N–H and O–H groups in total. The summed E-state index contributed by atoms with van der Waals surface area (Å²) in [7, 11) is 0. The second kappa shape index (κ2) is 11.8. The molecule has 3 rings (SSSR count). The second-order valence-corrected chi connectivity index (χ2v) is 8.28. The van der Waals surface area contributed by atoms with Crippen molar-refractivity contribution in [1.29, 1.82) is 0 Å². The topological polar surface area (TPSA) is 113 Å². The van der Waals surface area contributed by atoms with Crippen LogP contribution in [-0.2, 0) is 22.4 Å². The lowest BCUT2D eigenvalue weighted by atomic mass is 10.1. The van der Waals surface area contributed by atoms with Crippen molar-refractivity contribution in [2.75, 3.05) is 25.1 Å². The number of unbranched alkanes of at least 4 members (excludes halogenated alkanes) is 1. The number of hydrogen-bond donors (Lipinski definition) is 3. The van der Waals surface area contributed by atoms with Gasteiger partial charge in [0.05, 0.1) is 10.6 Å². The fourth-order valence-corrected chi connectivity index (χ4v) is 3.92. The zero-order valence-electron chi connectivity index (χ0n) is 18.2. The van der Waals surface area contributed by atoms with Crippen LogP contribution in [0.3, 0.4) is 0 Å². The minimum absolute atomic E-state index is 0.168. The Hall–Kier alpha value is -2.71. The van der Waals surface area contributed by atoms with Gasteiger partial charge >= 0.3 is 5.97 Å². The largest absolute Gasteiger partial charge is 0.480 e. The number of fused-ring (bicyclic) bond motifs is 1. The van der Waals surface area contributed by atoms with Gasteiger partial charge in [-0.05, 0) is 56.2 Å². The molecule has 1 amide bonds. The van der Waals surface area contributed by atoms with Crippen molar-refractivity contribution in [3.63, 3.8) is 0 Å². The summed E-state index contributed by atoms with van der Waals surface area (Å²) in [6.07, 6.45) is 7.92. The lowest BCUT2D eigenvalue weighted by molar-refractivity contribution is -0.139. The molecule has 0 bridgehead atoms. The summed E-state index contributed by atoms with van der Waals surface area (Å²) in [6, 6.07) is 3.18. The summed E-state index contributed by atoms with van der Waals surface area (Å²) in [5, 5.41) is 15.5. The number of carboxylic acids is 1. The SMILES string of the molecule is Cc1cncc(Cl)c1C(=O)NC(CCOCCCCc1ccc2c(n1)NCCC2)C(=O)O. The van der Waals surface area contributed by atoms with Crippen LogP contribution >= 0.6 is 11.6 Å². The van der Waals surface area contributed by atoms with Crippen LogP contribution in [0.5, 0.6) is 0 Å². The predicted octanol–water partition coefficient (Wildman–Crippen LogP) is 3.41. The molecule has 32 heavy (non-hydrogen) atoms. The van der Waals surface area contributed by atoms with Gasteiger partial charge in [0.2, 0.25) is 0 Å². The molecular formula is C23H29ClN4O4. The van der Waals surface area contributed by atoms with E-state index in [1.165, 1.54) is 18.0 Å². The molecule has 1 aliphatic rings. The molecule has 9 heteroatoms. The first-order valence-electron chi connectivity index (χ1n) is 10.9. The molecule has 0 aromatic carbocycles. The number of carboxylic acid groups (broad SMARTS) is 1. The minimum Gasteiger partial charge on any atom is -0.480 e. The second-order valence-electron chi connectivity index (χ2n) is 7.88. The molecule has 1 aliphatic heterocycles. The van der Waals surface area contributed by atoms with Crippen LogP contribution < -0.4 is 10.6 Å². The number of nitrogens with zero attached hydrogens (tertiary/aromatic N) is 2. The smallest absolute Gasteiger partial charge is 0.326 e. The van der Waals surface area contributed by atoms with Gasteiger partial charge in [-0.25, -0.2) is 9.78 Å². The van der Waals surface area contributed by atoms with E-state index in [1.54, 1.807) is 6.92 Å². The van der Waals surface area contributed by atoms with Gasteiger partial charge in [-0.1, -0.05) is 17.7 Å². The van der Waals surface area contributed by atoms with E-state index in [4.69, 9.17) is 16.3 Å². The van der Waals surface area contributed by atoms with Crippen LogP contribution in [0.15, 0.2) is 24.5 Å². The molecule has 0 fully saturated rings. The molecule has 0 spiro atoms. The van der Waals surface area contributed by atoms with E-state index in [0.717, 1.165) is 50.2 Å². The molecule has 0 aliphatic carbocycles. The lowest BCUT2D eigenvalue weighted by Gasteiger charge is -2.17. The van der Waals surface area contributed by atoms with E-state index in [2.05, 4.69) is 32.7 Å². The number of anilines is 1. The summed E-state index contributed by atoms with van der Waals surface area (Å²) in [4.78, 5) is 32.6. The van der Waals surface area contributed by atoms with Crippen LogP contribution in [0.1, 0.15) is 52.9 Å². The van der Waals surface area contributed by atoms with Gasteiger partial charge in [0.1, 0.15) is 11.9 Å². The summed E-state index contributed by atoms with van der Waals surface area (Å²) in [5.41, 5.74) is 3.17. The van der Waals surface area contributed by atoms with E-state index >= 15 is 0 Å². The van der Waals surface area contributed by atoms with Crippen LogP contribution in [0.25, 0.3) is 0 Å². The lowest BCUT2D eigenvalue weighted by Crippen LogP contribution is -2.42. The molecule has 8 nitrogen and oxygen atoms in total. The first kappa shape index (κ1) is 23.9. The molecule has 172 valence electrons. The number of aryl methyl sites for hydroxylation is 3. The quantitative estimate of drug-likeness (QED) is 0.440. The summed E-state index contributed by atoms with van der Waals surface area (Å²) >= 11 is 6.04. The first-order chi connectivity index (χ1) is 15.5. The highest BCUT2D eigenvalue weighted by Crippen LogP contribution is 2.20. The standard InChI is InChI=1S/C23H29ClN4O4/c1-15-13-25-14-18(24)20(15)22(29)28-19(23(30)31)9-12-32-11-3-2-6-17-8-7-16-5-4-10-26-21(16)27-17/h7-8,13-14,19H,2-6,9-12H2,1H3,(H,26,27)(H,28,29)(H,30,31). The molecular weight excluding hydrogens is 432 g/mol. The summed E-state index contributed by atoms with van der Waals surface area (Å²) in [5.74, 6) is -0.638. The molecule has 0 saturated heterocycles. The van der Waals surface area contributed by atoms with Crippen molar-refractivity contribution in [3.8, 4) is 0 Å². The number of carbonyl (C=O) groups is 2. The van der Waals surface area contributed by atoms with E-state index in [-0.39, 0.29) is 23.6 Å². The van der Waals surface area contributed by atoms with Gasteiger partial charge in [-0.15, -0.1) is 0 Å². The van der Waals surface area contributed by atoms with E-state index in [9.17, 15) is 14.7 Å². The number of aromatic nitrogens is 2. The van der Waals surface area contributed by atoms with E-state index in [1.807, 2.05) is 0 Å². The average Bonchev–Trinajstić information content (AvgIpc) is 2.77. The Balaban J connectivity index is 1.36. The number of amides is 1. The van der Waals surface area contributed by atoms with Crippen molar-refractivity contribution in [2.24, 2.45) is 0 Å². The highest BCUT2D eigenvalue weighted by Gasteiger charge is 2.23. The Morgan fingerprint density at radius 1 is 1.28 bits per heavy atom. The molecule has 1 unspecified atom stereocenters. The van der Waals surface area contributed by atoms with Crippen molar-refractivity contribution < 1.29 is 19.4 Å². The third-order valence-electron chi connectivity index (χ3n) is 5.39. The highest BCUT2D eigenvalue weighted by atomic mass is 35.5. The molecule has 3 heterocycles. The molecule has 2 aromatic heterocycles. The number of halogens is 1. The number of pyridine rings is 2. The Morgan fingerprint density at radius 2 is 2.12 bits per heavy atom. The van der Waals surface area contributed by atoms with Crippen LogP contribution in [0.2, 0.25) is 5.02 Å². The van der Waals surface area contributed by atoms with Gasteiger partial charge < -0.3 is 20.5 Å². The number of nitrogens with one attached hydrogen (secondary N) is 2. The fourth-order valence-electron chi connectivity index (χ4n) is 3.63. The number of aliphatic carboxylic acids is 1. The third-order valence-corrected chi connectivity index (χ3v) is 5.68. The number of carbonyl (C=O) groups excluding carboxylic acids is 1. The highest BCUT2D eigenvalue weighted by molar-refractivity contribution is 6.33. The minimum atomic E-state index is -1.11. The van der Waals surface area contributed by atoms with Crippen molar-refractivity contribution in [1.82, 2.24) is 15.3 Å². The zero-order valence-corrected chi connectivity index (χ0v) is 19.0. The maximum absolute atomic E-state index is 12.5. The Morgan fingerprint density at radius 3 is 2.91 bits per heavy atom. The van der Waals surface area contributed by atoms with Gasteiger partial charge in [-0.3, -0.25) is 9.78 Å². The van der Waals surface area contributed by atoms with Gasteiger partial charge in [0.25, 0.3) is 5.91 Å². The Labute approximate surface area is 192 Å². The summed E-state index contributed by atoms with van der Waals surface area (Å²) in [6.45, 7) is 3.44. The number of hydrogen-bond acceptors (Lipinski definition) is 6. The van der Waals surface area contributed by atoms with Crippen LogP contribution in [0, 0.1) is 6.92 Å². The maximum Gasteiger partial charge on any atom is 0.326 e. The number of rotatable bonds is 11. The summed E-state index contributed by atoms with van der Waals surface area (Å²) < 4.78 is 5.59. The maximum atomic E-state index is 12.5. The monoisotopic (exact) mass is 460 g/mol. The predicted molar refractivity (Wildman–Crippen MR) is 122 cm³/mol. The fraction of sp³-hybridized carbons (Fsp3) is 0.478. The molecule has 0 radical (unpaired) electrons. The van der Waals surface area contributed by atoms with Crippen LogP contribution in [-0.4, -0.2) is 52.8 Å². The Bertz CT molecular complexity index is 933. The Kier molecular flexibility index (Phi) is 8.81. The van der Waals surface area contributed by atoms with Gasteiger partial charge in [-0.2, -0.15) is 0 Å². The molecule has 2 aromatic rings. The molecule has 1 atom stereocenters. The first-order valence-corrected chi connectivity index (χ1v) is 11.3. The van der Waals surface area contributed by atoms with Crippen molar-refractivity contribution >= 4 is 29.3 Å². The van der Waals surface area contributed by atoms with Gasteiger partial charge in [0.15, 0.2) is 0 Å². The molecule has 0 saturated carbocycles. The average molecular weight is 461 g/mol. The number of ether oxygens (including phenoxy) is 1.